The molecular formula is C15H21NO. The van der Waals surface area contributed by atoms with Gasteiger partial charge in [0.1, 0.15) is 0 Å². The number of hydrogen-bond acceptors (Lipinski definition) is 2. The van der Waals surface area contributed by atoms with Gasteiger partial charge in [0, 0.05) is 17.5 Å². The fourth-order valence-corrected chi connectivity index (χ4v) is 2.56. The molecule has 0 aliphatic heterocycles. The van der Waals surface area contributed by atoms with Crippen molar-refractivity contribution in [3.8, 4) is 0 Å². The van der Waals surface area contributed by atoms with Crippen LogP contribution in [-0.2, 0) is 6.42 Å². The Balaban J connectivity index is 2.08. The molecule has 1 aliphatic carbocycles. The maximum Gasteiger partial charge on any atom is 0.165 e. The summed E-state index contributed by atoms with van der Waals surface area (Å²) in [6.07, 6.45) is 4.87. The summed E-state index contributed by atoms with van der Waals surface area (Å²) in [7, 11) is 0. The van der Waals surface area contributed by atoms with Crippen LogP contribution < -0.4 is 5.73 Å². The van der Waals surface area contributed by atoms with Gasteiger partial charge in [0.2, 0.25) is 0 Å². The van der Waals surface area contributed by atoms with Crippen LogP contribution in [0, 0.1) is 5.92 Å². The number of ketones is 1. The molecule has 0 saturated heterocycles. The summed E-state index contributed by atoms with van der Waals surface area (Å²) in [5.41, 5.74) is 7.99. The SMILES string of the molecule is CCc1cccc(C(=O)C2CCC(N)CC2)c1. The molecule has 0 heterocycles. The molecule has 1 aliphatic rings. The van der Waals surface area contributed by atoms with Crippen LogP contribution in [0.2, 0.25) is 0 Å². The van der Waals surface area contributed by atoms with Crippen molar-refractivity contribution in [2.24, 2.45) is 11.7 Å². The van der Waals surface area contributed by atoms with E-state index >= 15 is 0 Å². The lowest BCUT2D eigenvalue weighted by molar-refractivity contribution is 0.0884. The molecule has 2 N–H and O–H groups in total. The van der Waals surface area contributed by atoms with E-state index in [1.807, 2.05) is 18.2 Å². The van der Waals surface area contributed by atoms with Gasteiger partial charge in [0.05, 0.1) is 0 Å². The van der Waals surface area contributed by atoms with Crippen LogP contribution in [0.4, 0.5) is 0 Å². The van der Waals surface area contributed by atoms with E-state index < -0.39 is 0 Å². The number of benzene rings is 1. The first-order chi connectivity index (χ1) is 8.20. The summed E-state index contributed by atoms with van der Waals surface area (Å²) in [5, 5.41) is 0. The molecule has 1 fully saturated rings. The van der Waals surface area contributed by atoms with Gasteiger partial charge in [-0.05, 0) is 43.7 Å². The Labute approximate surface area is 103 Å². The molecule has 17 heavy (non-hydrogen) atoms. The largest absolute Gasteiger partial charge is 0.328 e. The van der Waals surface area contributed by atoms with Gasteiger partial charge in [-0.2, -0.15) is 0 Å². The van der Waals surface area contributed by atoms with Gasteiger partial charge in [-0.25, -0.2) is 0 Å². The maximum atomic E-state index is 12.3. The van der Waals surface area contributed by atoms with Crippen LogP contribution in [0.25, 0.3) is 0 Å². The highest BCUT2D eigenvalue weighted by Crippen LogP contribution is 2.26. The zero-order valence-electron chi connectivity index (χ0n) is 10.5. The van der Waals surface area contributed by atoms with Gasteiger partial charge in [-0.3, -0.25) is 4.79 Å². The van der Waals surface area contributed by atoms with Crippen molar-refractivity contribution in [3.05, 3.63) is 35.4 Å². The lowest BCUT2D eigenvalue weighted by Crippen LogP contribution is -2.29. The summed E-state index contributed by atoms with van der Waals surface area (Å²) in [4.78, 5) is 12.3. The van der Waals surface area contributed by atoms with Gasteiger partial charge in [-0.1, -0.05) is 25.1 Å². The van der Waals surface area contributed by atoms with Crippen LogP contribution in [0.15, 0.2) is 24.3 Å². The second-order valence-electron chi connectivity index (χ2n) is 5.03. The van der Waals surface area contributed by atoms with Gasteiger partial charge < -0.3 is 5.73 Å². The van der Waals surface area contributed by atoms with Gasteiger partial charge >= 0.3 is 0 Å². The topological polar surface area (TPSA) is 43.1 Å². The number of nitrogens with two attached hydrogens (primary N) is 1. The molecule has 0 atom stereocenters. The Bertz CT molecular complexity index is 392. The Kier molecular flexibility index (Phi) is 3.95. The third-order valence-corrected chi connectivity index (χ3v) is 3.76. The summed E-state index contributed by atoms with van der Waals surface area (Å²) in [6, 6.07) is 8.35. The fourth-order valence-electron chi connectivity index (χ4n) is 2.56. The van der Waals surface area contributed by atoms with Gasteiger partial charge in [-0.15, -0.1) is 0 Å². The minimum Gasteiger partial charge on any atom is -0.328 e. The summed E-state index contributed by atoms with van der Waals surface area (Å²) in [5.74, 6) is 0.508. The third kappa shape index (κ3) is 2.95. The first-order valence-corrected chi connectivity index (χ1v) is 6.59. The van der Waals surface area contributed by atoms with Crippen molar-refractivity contribution in [2.75, 3.05) is 0 Å². The van der Waals surface area contributed by atoms with Crippen LogP contribution >= 0.6 is 0 Å². The standard InChI is InChI=1S/C15H21NO/c1-2-11-4-3-5-13(10-11)15(17)12-6-8-14(16)9-7-12/h3-5,10,12,14H,2,6-9,16H2,1H3. The van der Waals surface area contributed by atoms with Crippen molar-refractivity contribution in [3.63, 3.8) is 0 Å². The van der Waals surface area contributed by atoms with E-state index in [0.717, 1.165) is 37.7 Å². The summed E-state index contributed by atoms with van der Waals surface area (Å²) in [6.45, 7) is 2.11. The molecule has 2 nitrogen and oxygen atoms in total. The molecule has 0 aromatic heterocycles. The molecule has 92 valence electrons. The van der Waals surface area contributed by atoms with Crippen molar-refractivity contribution >= 4 is 5.78 Å². The second kappa shape index (κ2) is 5.46. The number of Topliss-reactive ketones (excluding diaryl/α,β-unsaturated/α-hetero) is 1. The number of rotatable bonds is 3. The van der Waals surface area contributed by atoms with E-state index in [4.69, 9.17) is 5.73 Å². The zero-order chi connectivity index (χ0) is 12.3. The van der Waals surface area contributed by atoms with Gasteiger partial charge in [0.25, 0.3) is 0 Å². The van der Waals surface area contributed by atoms with E-state index in [2.05, 4.69) is 13.0 Å². The Morgan fingerprint density at radius 2 is 2.00 bits per heavy atom. The predicted octanol–water partition coefficient (Wildman–Crippen LogP) is 2.95. The smallest absolute Gasteiger partial charge is 0.165 e. The Morgan fingerprint density at radius 1 is 1.29 bits per heavy atom. The van der Waals surface area contributed by atoms with Gasteiger partial charge in [0.15, 0.2) is 5.78 Å². The quantitative estimate of drug-likeness (QED) is 0.813. The van der Waals surface area contributed by atoms with Crippen molar-refractivity contribution in [1.82, 2.24) is 0 Å². The molecule has 0 amide bonds. The molecular weight excluding hydrogens is 210 g/mol. The van der Waals surface area contributed by atoms with E-state index in [9.17, 15) is 4.79 Å². The first-order valence-electron chi connectivity index (χ1n) is 6.59. The monoisotopic (exact) mass is 231 g/mol. The predicted molar refractivity (Wildman–Crippen MR) is 70.1 cm³/mol. The maximum absolute atomic E-state index is 12.3. The summed E-state index contributed by atoms with van der Waals surface area (Å²) < 4.78 is 0. The zero-order valence-corrected chi connectivity index (χ0v) is 10.5. The molecule has 1 saturated carbocycles. The van der Waals surface area contributed by atoms with E-state index in [1.54, 1.807) is 0 Å². The molecule has 0 bridgehead atoms. The van der Waals surface area contributed by atoms with Crippen LogP contribution in [0.5, 0.6) is 0 Å². The lowest BCUT2D eigenvalue weighted by Gasteiger charge is -2.25. The Hall–Kier alpha value is -1.15. The lowest BCUT2D eigenvalue weighted by atomic mass is 9.81. The third-order valence-electron chi connectivity index (χ3n) is 3.76. The molecule has 0 unspecified atom stereocenters. The molecule has 2 heteroatoms. The second-order valence-corrected chi connectivity index (χ2v) is 5.03. The molecule has 1 aromatic carbocycles. The van der Waals surface area contributed by atoms with Crippen LogP contribution in [0.1, 0.15) is 48.5 Å². The molecule has 2 rings (SSSR count). The van der Waals surface area contributed by atoms with Crippen LogP contribution in [-0.4, -0.2) is 11.8 Å². The fraction of sp³-hybridized carbons (Fsp3) is 0.533. The number of hydrogen-bond donors (Lipinski definition) is 1. The molecule has 0 radical (unpaired) electrons. The number of aryl methyl sites for hydroxylation is 1. The summed E-state index contributed by atoms with van der Waals surface area (Å²) >= 11 is 0. The van der Waals surface area contributed by atoms with Crippen molar-refractivity contribution in [2.45, 2.75) is 45.1 Å². The average Bonchev–Trinajstić information content (AvgIpc) is 2.39. The highest BCUT2D eigenvalue weighted by molar-refractivity contribution is 5.98. The van der Waals surface area contributed by atoms with E-state index in [1.165, 1.54) is 5.56 Å². The first kappa shape index (κ1) is 12.3. The minimum absolute atomic E-state index is 0.196. The Morgan fingerprint density at radius 3 is 2.65 bits per heavy atom. The normalized spacial score (nSPS) is 24.6. The minimum atomic E-state index is 0.196. The molecule has 0 spiro atoms. The van der Waals surface area contributed by atoms with E-state index in [-0.39, 0.29) is 5.92 Å². The van der Waals surface area contributed by atoms with Crippen LogP contribution in [0.3, 0.4) is 0 Å². The number of carbonyl (C=O) groups is 1. The van der Waals surface area contributed by atoms with E-state index in [0.29, 0.717) is 11.8 Å². The highest BCUT2D eigenvalue weighted by atomic mass is 16.1. The highest BCUT2D eigenvalue weighted by Gasteiger charge is 2.25. The molecule has 1 aromatic rings. The number of carbonyl (C=O) groups excluding carboxylic acids is 1. The average molecular weight is 231 g/mol. The van der Waals surface area contributed by atoms with Crippen molar-refractivity contribution < 1.29 is 4.79 Å². The van der Waals surface area contributed by atoms with Crippen molar-refractivity contribution in [1.29, 1.82) is 0 Å².